The van der Waals surface area contributed by atoms with Crippen molar-refractivity contribution in [3.63, 3.8) is 0 Å². The number of nitrogens with zero attached hydrogens (tertiary/aromatic N) is 3. The average Bonchev–Trinajstić information content (AvgIpc) is 3.14. The first-order valence-electron chi connectivity index (χ1n) is 9.58. The topological polar surface area (TPSA) is 147 Å². The van der Waals surface area contributed by atoms with Crippen LogP contribution in [0.2, 0.25) is 0 Å². The molecule has 6 N–H and O–H groups in total. The molecular weight excluding hydrogens is 384 g/mol. The quantitative estimate of drug-likeness (QED) is 0.520. The Morgan fingerprint density at radius 3 is 2.63 bits per heavy atom. The molecule has 9 nitrogen and oxygen atoms in total. The van der Waals surface area contributed by atoms with Crippen molar-refractivity contribution in [3.8, 4) is 0 Å². The standard InChI is InChI=1S/C21H22N6O3/c22-17-15-11-14(7-8-16(15)25-19(23)26-17)24-18(28)21(9-4-10-27(21)20(29)30)12-13-5-2-1-3-6-13/h1-3,5-8,11H,4,9-10,12H2,(H,24,28)(H,29,30)(H4,22,23,25,26)/t21-/m0/s1. The molecule has 30 heavy (non-hydrogen) atoms. The van der Waals surface area contributed by atoms with Crippen LogP contribution < -0.4 is 16.8 Å². The highest BCUT2D eigenvalue weighted by molar-refractivity contribution is 6.02. The number of carbonyl (C=O) groups is 2. The number of anilines is 3. The molecule has 2 heterocycles. The van der Waals surface area contributed by atoms with Crippen LogP contribution in [0.3, 0.4) is 0 Å². The molecule has 2 aromatic carbocycles. The van der Waals surface area contributed by atoms with Crippen LogP contribution in [-0.4, -0.2) is 44.1 Å². The number of nitrogens with two attached hydrogens (primary N) is 2. The van der Waals surface area contributed by atoms with Crippen molar-refractivity contribution in [1.29, 1.82) is 0 Å². The SMILES string of the molecule is Nc1nc(N)c2cc(NC(=O)[C@@]3(Cc4ccccc4)CCCN3C(=O)O)ccc2n1. The van der Waals surface area contributed by atoms with Gasteiger partial charge in [0.25, 0.3) is 5.91 Å². The predicted molar refractivity (Wildman–Crippen MR) is 114 cm³/mol. The molecule has 0 aliphatic carbocycles. The molecule has 1 aliphatic rings. The Labute approximate surface area is 172 Å². The fourth-order valence-electron chi connectivity index (χ4n) is 4.09. The van der Waals surface area contributed by atoms with Crippen LogP contribution in [0.4, 0.5) is 22.2 Å². The van der Waals surface area contributed by atoms with E-state index in [-0.39, 0.29) is 17.7 Å². The number of carbonyl (C=O) groups excluding carboxylic acids is 1. The largest absolute Gasteiger partial charge is 0.465 e. The smallest absolute Gasteiger partial charge is 0.408 e. The van der Waals surface area contributed by atoms with Crippen molar-refractivity contribution in [3.05, 3.63) is 54.1 Å². The molecular formula is C21H22N6O3. The lowest BCUT2D eigenvalue weighted by Gasteiger charge is -2.35. The van der Waals surface area contributed by atoms with Gasteiger partial charge in [0.2, 0.25) is 5.95 Å². The van der Waals surface area contributed by atoms with Gasteiger partial charge in [-0.2, -0.15) is 4.98 Å². The number of nitrogens with one attached hydrogen (secondary N) is 1. The van der Waals surface area contributed by atoms with Crippen LogP contribution in [0.15, 0.2) is 48.5 Å². The van der Waals surface area contributed by atoms with Gasteiger partial charge in [0.1, 0.15) is 11.4 Å². The average molecular weight is 406 g/mol. The van der Waals surface area contributed by atoms with E-state index in [0.29, 0.717) is 42.4 Å². The summed E-state index contributed by atoms with van der Waals surface area (Å²) in [4.78, 5) is 34.7. The van der Waals surface area contributed by atoms with Crippen LogP contribution in [-0.2, 0) is 11.2 Å². The number of aromatic nitrogens is 2. The number of hydrogen-bond donors (Lipinski definition) is 4. The summed E-state index contributed by atoms with van der Waals surface area (Å²) in [6.07, 6.45) is 0.242. The zero-order chi connectivity index (χ0) is 21.3. The third kappa shape index (κ3) is 3.45. The lowest BCUT2D eigenvalue weighted by Crippen LogP contribution is -2.56. The number of rotatable bonds is 4. The number of likely N-dealkylation sites (tertiary alicyclic amines) is 1. The second kappa shape index (κ2) is 7.51. The maximum absolute atomic E-state index is 13.4. The van der Waals surface area contributed by atoms with Gasteiger partial charge in [-0.05, 0) is 36.6 Å². The number of hydrogen-bond acceptors (Lipinski definition) is 6. The summed E-state index contributed by atoms with van der Waals surface area (Å²) in [7, 11) is 0. The molecule has 0 bridgehead atoms. The van der Waals surface area contributed by atoms with E-state index in [0.717, 1.165) is 5.56 Å². The number of carboxylic acid groups (broad SMARTS) is 1. The van der Waals surface area contributed by atoms with E-state index in [1.165, 1.54) is 4.90 Å². The highest BCUT2D eigenvalue weighted by Crippen LogP contribution is 2.35. The molecule has 1 saturated heterocycles. The van der Waals surface area contributed by atoms with Gasteiger partial charge < -0.3 is 21.9 Å². The summed E-state index contributed by atoms with van der Waals surface area (Å²) < 4.78 is 0. The summed E-state index contributed by atoms with van der Waals surface area (Å²) in [5.74, 6) is -0.0946. The first-order valence-corrected chi connectivity index (χ1v) is 9.58. The van der Waals surface area contributed by atoms with E-state index in [1.54, 1.807) is 18.2 Å². The van der Waals surface area contributed by atoms with E-state index >= 15 is 0 Å². The number of amides is 2. The van der Waals surface area contributed by atoms with Crippen LogP contribution >= 0.6 is 0 Å². The molecule has 2 amide bonds. The van der Waals surface area contributed by atoms with Gasteiger partial charge in [-0.25, -0.2) is 9.78 Å². The Balaban J connectivity index is 1.69. The number of benzene rings is 2. The Morgan fingerprint density at radius 1 is 1.13 bits per heavy atom. The summed E-state index contributed by atoms with van der Waals surface area (Å²) >= 11 is 0. The fraction of sp³-hybridized carbons (Fsp3) is 0.238. The van der Waals surface area contributed by atoms with Crippen LogP contribution in [0.25, 0.3) is 10.9 Å². The van der Waals surface area contributed by atoms with Crippen LogP contribution in [0.5, 0.6) is 0 Å². The molecule has 0 unspecified atom stereocenters. The summed E-state index contributed by atoms with van der Waals surface area (Å²) in [5, 5.41) is 13.2. The van der Waals surface area contributed by atoms with Gasteiger partial charge in [0.15, 0.2) is 0 Å². The third-order valence-electron chi connectivity index (χ3n) is 5.48. The van der Waals surface area contributed by atoms with E-state index in [4.69, 9.17) is 11.5 Å². The summed E-state index contributed by atoms with van der Waals surface area (Å²) in [6.45, 7) is 0.313. The molecule has 1 aromatic heterocycles. The van der Waals surface area contributed by atoms with E-state index in [2.05, 4.69) is 15.3 Å². The Hall–Kier alpha value is -3.88. The van der Waals surface area contributed by atoms with Gasteiger partial charge in [-0.3, -0.25) is 9.69 Å². The van der Waals surface area contributed by atoms with Crippen molar-refractivity contribution in [1.82, 2.24) is 14.9 Å². The molecule has 9 heteroatoms. The minimum Gasteiger partial charge on any atom is -0.465 e. The molecule has 0 saturated carbocycles. The second-order valence-electron chi connectivity index (χ2n) is 7.38. The van der Waals surface area contributed by atoms with Gasteiger partial charge in [0, 0.05) is 24.0 Å². The maximum atomic E-state index is 13.4. The molecule has 3 aromatic rings. The summed E-state index contributed by atoms with van der Waals surface area (Å²) in [6, 6.07) is 14.5. The highest BCUT2D eigenvalue weighted by atomic mass is 16.4. The zero-order valence-corrected chi connectivity index (χ0v) is 16.2. The molecule has 1 aliphatic heterocycles. The van der Waals surface area contributed by atoms with Gasteiger partial charge in [0.05, 0.1) is 5.52 Å². The molecule has 154 valence electrons. The Kier molecular flexibility index (Phi) is 4.86. The molecule has 0 radical (unpaired) electrons. The Bertz CT molecular complexity index is 1120. The van der Waals surface area contributed by atoms with Crippen molar-refractivity contribution >= 4 is 40.4 Å². The first kappa shape index (κ1) is 19.4. The lowest BCUT2D eigenvalue weighted by atomic mass is 9.87. The van der Waals surface area contributed by atoms with E-state index in [9.17, 15) is 14.7 Å². The monoisotopic (exact) mass is 406 g/mol. The van der Waals surface area contributed by atoms with Crippen molar-refractivity contribution in [2.75, 3.05) is 23.3 Å². The molecule has 0 spiro atoms. The predicted octanol–water partition coefficient (Wildman–Crippen LogP) is 2.49. The van der Waals surface area contributed by atoms with Gasteiger partial charge in [-0.15, -0.1) is 0 Å². The minimum absolute atomic E-state index is 0.0710. The van der Waals surface area contributed by atoms with E-state index < -0.39 is 11.6 Å². The van der Waals surface area contributed by atoms with Gasteiger partial charge >= 0.3 is 6.09 Å². The van der Waals surface area contributed by atoms with E-state index in [1.807, 2.05) is 30.3 Å². The molecule has 4 rings (SSSR count). The highest BCUT2D eigenvalue weighted by Gasteiger charge is 2.49. The van der Waals surface area contributed by atoms with Crippen molar-refractivity contribution in [2.45, 2.75) is 24.8 Å². The molecule has 1 atom stereocenters. The number of nitrogen functional groups attached to an aromatic ring is 2. The lowest BCUT2D eigenvalue weighted by molar-refractivity contribution is -0.125. The second-order valence-corrected chi connectivity index (χ2v) is 7.38. The molecule has 1 fully saturated rings. The maximum Gasteiger partial charge on any atom is 0.408 e. The van der Waals surface area contributed by atoms with Crippen LogP contribution in [0.1, 0.15) is 18.4 Å². The zero-order valence-electron chi connectivity index (χ0n) is 16.2. The van der Waals surface area contributed by atoms with Crippen LogP contribution in [0, 0.1) is 0 Å². The minimum atomic E-state index is -1.19. The van der Waals surface area contributed by atoms with Gasteiger partial charge in [-0.1, -0.05) is 30.3 Å². The first-order chi connectivity index (χ1) is 14.4. The number of fused-ring (bicyclic) bond motifs is 1. The van der Waals surface area contributed by atoms with Crippen molar-refractivity contribution in [2.24, 2.45) is 0 Å². The summed E-state index contributed by atoms with van der Waals surface area (Å²) in [5.41, 5.74) is 12.3. The van der Waals surface area contributed by atoms with Crippen molar-refractivity contribution < 1.29 is 14.7 Å². The third-order valence-corrected chi connectivity index (χ3v) is 5.48. The normalized spacial score (nSPS) is 18.5. The fourth-order valence-corrected chi connectivity index (χ4v) is 4.09. The Morgan fingerprint density at radius 2 is 1.90 bits per heavy atom.